The molecule has 2 N–H and O–H groups in total. The lowest BCUT2D eigenvalue weighted by molar-refractivity contribution is -0.143. The number of aliphatic hydroxyl groups excluding tert-OH is 1. The number of nitrogens with zero attached hydrogens (tertiary/aromatic N) is 2. The van der Waals surface area contributed by atoms with E-state index in [-0.39, 0.29) is 11.5 Å². The van der Waals surface area contributed by atoms with Gasteiger partial charge in [-0.2, -0.15) is 5.26 Å². The third-order valence-corrected chi connectivity index (χ3v) is 4.71. The Hall–Kier alpha value is -3.24. The van der Waals surface area contributed by atoms with Gasteiger partial charge < -0.3 is 15.2 Å². The number of carbonyl (C=O) groups is 2. The summed E-state index contributed by atoms with van der Waals surface area (Å²) in [4.78, 5) is 29.5. The van der Waals surface area contributed by atoms with E-state index < -0.39 is 24.5 Å². The number of benzene rings is 1. The van der Waals surface area contributed by atoms with Gasteiger partial charge in [0.05, 0.1) is 36.2 Å². The maximum Gasteiger partial charge on any atom is 0.330 e. The van der Waals surface area contributed by atoms with Crippen molar-refractivity contribution >= 4 is 11.9 Å². The van der Waals surface area contributed by atoms with E-state index in [1.54, 1.807) is 6.92 Å². The monoisotopic (exact) mass is 409 g/mol. The van der Waals surface area contributed by atoms with Crippen molar-refractivity contribution in [3.8, 4) is 17.2 Å². The molecule has 1 aromatic heterocycles. The van der Waals surface area contributed by atoms with Crippen molar-refractivity contribution in [2.45, 2.75) is 40.2 Å². The number of nitriles is 1. The van der Waals surface area contributed by atoms with Gasteiger partial charge in [0.1, 0.15) is 6.07 Å². The molecule has 0 radical (unpaired) electrons. The Morgan fingerprint density at radius 3 is 2.37 bits per heavy atom. The Morgan fingerprint density at radius 1 is 1.23 bits per heavy atom. The summed E-state index contributed by atoms with van der Waals surface area (Å²) in [6.45, 7) is 7.11. The summed E-state index contributed by atoms with van der Waals surface area (Å²) in [5, 5.41) is 21.9. The van der Waals surface area contributed by atoms with Gasteiger partial charge in [-0.05, 0) is 31.7 Å². The predicted octanol–water partition coefficient (Wildman–Crippen LogP) is 2.70. The van der Waals surface area contributed by atoms with Crippen LogP contribution in [0.4, 0.5) is 0 Å². The van der Waals surface area contributed by atoms with Crippen LogP contribution in [0.3, 0.4) is 0 Å². The summed E-state index contributed by atoms with van der Waals surface area (Å²) in [5.74, 6) is -1.09. The highest BCUT2D eigenvalue weighted by Gasteiger charge is 2.27. The van der Waals surface area contributed by atoms with Crippen LogP contribution in [0.5, 0.6) is 0 Å². The number of amides is 1. The fourth-order valence-electron chi connectivity index (χ4n) is 3.26. The Balaban J connectivity index is 2.72. The summed E-state index contributed by atoms with van der Waals surface area (Å²) in [7, 11) is 1.18. The predicted molar refractivity (Wildman–Crippen MR) is 113 cm³/mol. The number of hydrogen-bond acceptors (Lipinski definition) is 6. The summed E-state index contributed by atoms with van der Waals surface area (Å²) < 4.78 is 4.62. The van der Waals surface area contributed by atoms with E-state index in [2.05, 4.69) is 21.1 Å². The van der Waals surface area contributed by atoms with Crippen LogP contribution in [0.15, 0.2) is 24.3 Å². The van der Waals surface area contributed by atoms with E-state index in [0.717, 1.165) is 5.56 Å². The van der Waals surface area contributed by atoms with Crippen molar-refractivity contribution in [2.24, 2.45) is 5.92 Å². The standard InChI is InChI=1S/C23H27N3O4/c1-13(2)10-18-17(11-24)21(16-8-6-14(3)7-9-16)20(15(4)25-18)22(28)26-19(12-27)23(29)30-5/h6-9,13,19,27H,10,12H2,1-5H3,(H,26,28). The second kappa shape index (κ2) is 9.99. The highest BCUT2D eigenvalue weighted by molar-refractivity contribution is 6.04. The molecule has 30 heavy (non-hydrogen) atoms. The SMILES string of the molecule is COC(=O)C(CO)NC(=O)c1c(C)nc(CC(C)C)c(C#N)c1-c1ccc(C)cc1. The number of carbonyl (C=O) groups excluding carboxylic acids is 2. The molecule has 0 fully saturated rings. The molecule has 7 nitrogen and oxygen atoms in total. The molecule has 0 aliphatic rings. The number of aliphatic hydroxyl groups is 1. The van der Waals surface area contributed by atoms with Crippen molar-refractivity contribution in [3.05, 3.63) is 52.3 Å². The molecule has 7 heteroatoms. The maximum absolute atomic E-state index is 13.1. The first kappa shape index (κ1) is 23.0. The summed E-state index contributed by atoms with van der Waals surface area (Å²) in [6.07, 6.45) is 0.589. The van der Waals surface area contributed by atoms with E-state index in [1.807, 2.05) is 45.0 Å². The van der Waals surface area contributed by atoms with Crippen LogP contribution in [0.2, 0.25) is 0 Å². The van der Waals surface area contributed by atoms with Gasteiger partial charge in [0.15, 0.2) is 6.04 Å². The number of aromatic nitrogens is 1. The number of nitrogens with one attached hydrogen (secondary N) is 1. The van der Waals surface area contributed by atoms with Crippen LogP contribution in [0.25, 0.3) is 11.1 Å². The van der Waals surface area contributed by atoms with Crippen molar-refractivity contribution in [2.75, 3.05) is 13.7 Å². The van der Waals surface area contributed by atoms with E-state index in [0.29, 0.717) is 34.5 Å². The minimum Gasteiger partial charge on any atom is -0.467 e. The third kappa shape index (κ3) is 5.02. The third-order valence-electron chi connectivity index (χ3n) is 4.71. The molecule has 2 aromatic rings. The Morgan fingerprint density at radius 2 is 1.87 bits per heavy atom. The fourth-order valence-corrected chi connectivity index (χ4v) is 3.26. The van der Waals surface area contributed by atoms with Crippen molar-refractivity contribution < 1.29 is 19.4 Å². The molecule has 1 heterocycles. The summed E-state index contributed by atoms with van der Waals surface area (Å²) in [6, 6.07) is 8.52. The van der Waals surface area contributed by atoms with Gasteiger partial charge in [-0.25, -0.2) is 4.79 Å². The van der Waals surface area contributed by atoms with Gasteiger partial charge in [-0.1, -0.05) is 43.7 Å². The van der Waals surface area contributed by atoms with Crippen LogP contribution in [-0.2, 0) is 16.0 Å². The van der Waals surface area contributed by atoms with Crippen LogP contribution < -0.4 is 5.32 Å². The van der Waals surface area contributed by atoms with Crippen LogP contribution in [0.1, 0.15) is 46.7 Å². The molecule has 2 rings (SSSR count). The lowest BCUT2D eigenvalue weighted by atomic mass is 9.90. The molecule has 0 saturated carbocycles. The van der Waals surface area contributed by atoms with Crippen LogP contribution >= 0.6 is 0 Å². The van der Waals surface area contributed by atoms with E-state index in [1.165, 1.54) is 7.11 Å². The molecule has 0 spiro atoms. The number of pyridine rings is 1. The number of ether oxygens (including phenoxy) is 1. The van der Waals surface area contributed by atoms with E-state index >= 15 is 0 Å². The molecule has 0 saturated heterocycles. The molecular weight excluding hydrogens is 382 g/mol. The molecular formula is C23H27N3O4. The highest BCUT2D eigenvalue weighted by atomic mass is 16.5. The average molecular weight is 409 g/mol. The molecule has 0 aliphatic heterocycles. The van der Waals surface area contributed by atoms with Gasteiger partial charge in [0.2, 0.25) is 0 Å². The van der Waals surface area contributed by atoms with Gasteiger partial charge in [-0.3, -0.25) is 9.78 Å². The Bertz CT molecular complexity index is 975. The lowest BCUT2D eigenvalue weighted by Gasteiger charge is -2.20. The normalized spacial score (nSPS) is 11.7. The van der Waals surface area contributed by atoms with Crippen molar-refractivity contribution in [1.82, 2.24) is 10.3 Å². The zero-order valence-electron chi connectivity index (χ0n) is 17.9. The number of hydrogen-bond donors (Lipinski definition) is 2. The number of esters is 1. The first-order chi connectivity index (χ1) is 14.2. The van der Waals surface area contributed by atoms with Crippen LogP contribution in [-0.4, -0.2) is 41.7 Å². The second-order valence-corrected chi connectivity index (χ2v) is 7.58. The average Bonchev–Trinajstić information content (AvgIpc) is 2.71. The number of methoxy groups -OCH3 is 1. The minimum atomic E-state index is -1.21. The Labute approximate surface area is 176 Å². The molecule has 1 unspecified atom stereocenters. The minimum absolute atomic E-state index is 0.199. The molecule has 1 atom stereocenters. The first-order valence-corrected chi connectivity index (χ1v) is 9.73. The summed E-state index contributed by atoms with van der Waals surface area (Å²) in [5.41, 5.74) is 3.83. The molecule has 0 aliphatic carbocycles. The van der Waals surface area contributed by atoms with Gasteiger partial charge in [0, 0.05) is 5.56 Å². The molecule has 0 bridgehead atoms. The van der Waals surface area contributed by atoms with E-state index in [9.17, 15) is 20.0 Å². The van der Waals surface area contributed by atoms with Gasteiger partial charge >= 0.3 is 5.97 Å². The number of rotatable bonds is 7. The van der Waals surface area contributed by atoms with Crippen molar-refractivity contribution in [3.63, 3.8) is 0 Å². The largest absolute Gasteiger partial charge is 0.467 e. The zero-order valence-corrected chi connectivity index (χ0v) is 17.9. The number of aryl methyl sites for hydroxylation is 2. The fraction of sp³-hybridized carbons (Fsp3) is 0.391. The lowest BCUT2D eigenvalue weighted by Crippen LogP contribution is -2.44. The van der Waals surface area contributed by atoms with Crippen LogP contribution in [0, 0.1) is 31.1 Å². The first-order valence-electron chi connectivity index (χ1n) is 9.73. The molecule has 1 aromatic carbocycles. The summed E-state index contributed by atoms with van der Waals surface area (Å²) >= 11 is 0. The second-order valence-electron chi connectivity index (χ2n) is 7.58. The van der Waals surface area contributed by atoms with Crippen molar-refractivity contribution in [1.29, 1.82) is 5.26 Å². The van der Waals surface area contributed by atoms with Gasteiger partial charge in [0.25, 0.3) is 5.91 Å². The smallest absolute Gasteiger partial charge is 0.330 e. The van der Waals surface area contributed by atoms with E-state index in [4.69, 9.17) is 0 Å². The molecule has 1 amide bonds. The highest BCUT2D eigenvalue weighted by Crippen LogP contribution is 2.32. The quantitative estimate of drug-likeness (QED) is 0.680. The zero-order chi connectivity index (χ0) is 22.4. The topological polar surface area (TPSA) is 112 Å². The molecule has 158 valence electrons. The maximum atomic E-state index is 13.1. The van der Waals surface area contributed by atoms with Gasteiger partial charge in [-0.15, -0.1) is 0 Å². The Kier molecular flexibility index (Phi) is 7.67.